The van der Waals surface area contributed by atoms with Crippen molar-refractivity contribution in [1.29, 1.82) is 0 Å². The molecule has 2 unspecified atom stereocenters. The van der Waals surface area contributed by atoms with Gasteiger partial charge in [-0.3, -0.25) is 9.48 Å². The number of rotatable bonds is 2. The lowest BCUT2D eigenvalue weighted by atomic mass is 10.1. The van der Waals surface area contributed by atoms with Gasteiger partial charge in [-0.1, -0.05) is 0 Å². The summed E-state index contributed by atoms with van der Waals surface area (Å²) < 4.78 is 1.82. The van der Waals surface area contributed by atoms with Gasteiger partial charge in [0.15, 0.2) is 0 Å². The molecule has 0 N–H and O–H groups in total. The van der Waals surface area contributed by atoms with E-state index in [9.17, 15) is 4.79 Å². The predicted molar refractivity (Wildman–Crippen MR) is 49.5 cm³/mol. The summed E-state index contributed by atoms with van der Waals surface area (Å²) in [6, 6.07) is 0. The van der Waals surface area contributed by atoms with Crippen LogP contribution in [-0.2, 0) is 11.8 Å². The fourth-order valence-corrected chi connectivity index (χ4v) is 1.97. The molecule has 0 saturated heterocycles. The summed E-state index contributed by atoms with van der Waals surface area (Å²) in [5.74, 6) is 1.03. The van der Waals surface area contributed by atoms with Crippen LogP contribution in [0.25, 0.3) is 0 Å². The van der Waals surface area contributed by atoms with E-state index in [2.05, 4.69) is 5.10 Å². The molecule has 0 aromatic carbocycles. The minimum atomic E-state index is 0.267. The van der Waals surface area contributed by atoms with Gasteiger partial charge in [-0.05, 0) is 31.7 Å². The zero-order chi connectivity index (χ0) is 9.59. The Bertz CT molecular complexity index is 354. The van der Waals surface area contributed by atoms with Gasteiger partial charge in [0.2, 0.25) is 0 Å². The van der Waals surface area contributed by atoms with E-state index in [1.165, 1.54) is 5.56 Å². The Kier molecular flexibility index (Phi) is 1.75. The molecule has 1 saturated carbocycles. The van der Waals surface area contributed by atoms with Crippen molar-refractivity contribution in [2.75, 3.05) is 0 Å². The van der Waals surface area contributed by atoms with Crippen molar-refractivity contribution in [1.82, 2.24) is 9.78 Å². The Morgan fingerprint density at radius 1 is 1.69 bits per heavy atom. The molecule has 0 spiro atoms. The third kappa shape index (κ3) is 1.39. The van der Waals surface area contributed by atoms with E-state index in [0.717, 1.165) is 12.1 Å². The second-order valence-electron chi connectivity index (χ2n) is 3.90. The van der Waals surface area contributed by atoms with Crippen molar-refractivity contribution in [3.63, 3.8) is 0 Å². The highest BCUT2D eigenvalue weighted by atomic mass is 16.1. The molecule has 2 atom stereocenters. The average Bonchev–Trinajstić information content (AvgIpc) is 2.73. The Morgan fingerprint density at radius 3 is 2.77 bits per heavy atom. The molecule has 70 valence electrons. The van der Waals surface area contributed by atoms with Gasteiger partial charge in [0.1, 0.15) is 5.78 Å². The smallest absolute Gasteiger partial charge is 0.133 e. The van der Waals surface area contributed by atoms with E-state index >= 15 is 0 Å². The SMILES string of the molecule is CC(=O)C1CC1c1cn(C)nc1C. The van der Waals surface area contributed by atoms with E-state index in [1.807, 2.05) is 24.9 Å². The maximum absolute atomic E-state index is 11.1. The molecule has 1 aromatic rings. The number of hydrogen-bond donors (Lipinski definition) is 0. The van der Waals surface area contributed by atoms with Crippen LogP contribution in [-0.4, -0.2) is 15.6 Å². The summed E-state index contributed by atoms with van der Waals surface area (Å²) >= 11 is 0. The summed E-state index contributed by atoms with van der Waals surface area (Å²) in [5.41, 5.74) is 2.32. The maximum Gasteiger partial charge on any atom is 0.133 e. The number of Topliss-reactive ketones (excluding diaryl/α,β-unsaturated/α-hetero) is 1. The van der Waals surface area contributed by atoms with Crippen molar-refractivity contribution >= 4 is 5.78 Å². The minimum absolute atomic E-state index is 0.267. The first-order valence-electron chi connectivity index (χ1n) is 4.60. The molecule has 3 heteroatoms. The lowest BCUT2D eigenvalue weighted by Crippen LogP contribution is -1.94. The van der Waals surface area contributed by atoms with Gasteiger partial charge in [-0.15, -0.1) is 0 Å². The summed E-state index contributed by atoms with van der Waals surface area (Å²) in [7, 11) is 1.92. The van der Waals surface area contributed by atoms with Crippen LogP contribution in [0, 0.1) is 12.8 Å². The highest BCUT2D eigenvalue weighted by molar-refractivity contribution is 5.82. The molecular formula is C10H14N2O. The lowest BCUT2D eigenvalue weighted by Gasteiger charge is -1.93. The van der Waals surface area contributed by atoms with Gasteiger partial charge in [0, 0.05) is 19.2 Å². The fourth-order valence-electron chi connectivity index (χ4n) is 1.97. The van der Waals surface area contributed by atoms with Crippen LogP contribution in [0.1, 0.15) is 30.5 Å². The largest absolute Gasteiger partial charge is 0.300 e. The molecule has 0 radical (unpaired) electrons. The van der Waals surface area contributed by atoms with Crippen molar-refractivity contribution in [3.8, 4) is 0 Å². The molecule has 3 nitrogen and oxygen atoms in total. The molecule has 1 fully saturated rings. The second-order valence-corrected chi connectivity index (χ2v) is 3.90. The summed E-state index contributed by atoms with van der Waals surface area (Å²) in [6.45, 7) is 3.68. The quantitative estimate of drug-likeness (QED) is 0.686. The summed E-state index contributed by atoms with van der Waals surface area (Å²) in [4.78, 5) is 11.1. The van der Waals surface area contributed by atoms with Crippen molar-refractivity contribution in [2.45, 2.75) is 26.2 Å². The van der Waals surface area contributed by atoms with Gasteiger partial charge >= 0.3 is 0 Å². The first-order valence-corrected chi connectivity index (χ1v) is 4.60. The molecule has 2 rings (SSSR count). The van der Waals surface area contributed by atoms with E-state index in [4.69, 9.17) is 0 Å². The van der Waals surface area contributed by atoms with Crippen molar-refractivity contribution in [2.24, 2.45) is 13.0 Å². The minimum Gasteiger partial charge on any atom is -0.300 e. The van der Waals surface area contributed by atoms with Crippen molar-refractivity contribution in [3.05, 3.63) is 17.5 Å². The zero-order valence-corrected chi connectivity index (χ0v) is 8.24. The molecule has 0 aliphatic heterocycles. The zero-order valence-electron chi connectivity index (χ0n) is 8.24. The number of ketones is 1. The third-order valence-corrected chi connectivity index (χ3v) is 2.76. The highest BCUT2D eigenvalue weighted by Crippen LogP contribution is 2.48. The van der Waals surface area contributed by atoms with Crippen molar-refractivity contribution < 1.29 is 4.79 Å². The molecule has 0 bridgehead atoms. The summed E-state index contributed by atoms with van der Waals surface area (Å²) in [5, 5.41) is 4.27. The summed E-state index contributed by atoms with van der Waals surface area (Å²) in [6.07, 6.45) is 3.05. The first-order chi connectivity index (χ1) is 6.09. The standard InChI is InChI=1S/C10H14N2O/c1-6-10(5-12(3)11-6)9-4-8(9)7(2)13/h5,8-9H,4H2,1-3H3. The molecular weight excluding hydrogens is 164 g/mol. The molecule has 1 aromatic heterocycles. The predicted octanol–water partition coefficient (Wildman–Crippen LogP) is 1.42. The Labute approximate surface area is 77.7 Å². The van der Waals surface area contributed by atoms with E-state index in [0.29, 0.717) is 11.7 Å². The second kappa shape index (κ2) is 2.69. The highest BCUT2D eigenvalue weighted by Gasteiger charge is 2.43. The van der Waals surface area contributed by atoms with E-state index in [-0.39, 0.29) is 5.92 Å². The lowest BCUT2D eigenvalue weighted by molar-refractivity contribution is -0.118. The number of aryl methyl sites for hydroxylation is 2. The van der Waals surface area contributed by atoms with Crippen LogP contribution in [0.3, 0.4) is 0 Å². The number of aromatic nitrogens is 2. The maximum atomic E-state index is 11.1. The van der Waals surface area contributed by atoms with Crippen LogP contribution >= 0.6 is 0 Å². The van der Waals surface area contributed by atoms with Gasteiger partial charge in [0.25, 0.3) is 0 Å². The first kappa shape index (κ1) is 8.48. The average molecular weight is 178 g/mol. The number of nitrogens with zero attached hydrogens (tertiary/aromatic N) is 2. The number of carbonyl (C=O) groups is 1. The third-order valence-electron chi connectivity index (χ3n) is 2.76. The Morgan fingerprint density at radius 2 is 2.38 bits per heavy atom. The number of carbonyl (C=O) groups excluding carboxylic acids is 1. The molecule has 0 amide bonds. The van der Waals surface area contributed by atoms with E-state index in [1.54, 1.807) is 6.92 Å². The van der Waals surface area contributed by atoms with Crippen LogP contribution in [0.15, 0.2) is 6.20 Å². The fraction of sp³-hybridized carbons (Fsp3) is 0.600. The van der Waals surface area contributed by atoms with Gasteiger partial charge < -0.3 is 0 Å². The van der Waals surface area contributed by atoms with Crippen LogP contribution in [0.4, 0.5) is 0 Å². The number of hydrogen-bond acceptors (Lipinski definition) is 2. The van der Waals surface area contributed by atoms with Gasteiger partial charge in [-0.2, -0.15) is 5.10 Å². The Hall–Kier alpha value is -1.12. The van der Waals surface area contributed by atoms with Gasteiger partial charge in [-0.25, -0.2) is 0 Å². The monoisotopic (exact) mass is 178 g/mol. The molecule has 13 heavy (non-hydrogen) atoms. The molecule has 1 aliphatic rings. The van der Waals surface area contributed by atoms with Crippen LogP contribution in [0.2, 0.25) is 0 Å². The van der Waals surface area contributed by atoms with Crippen LogP contribution < -0.4 is 0 Å². The normalized spacial score (nSPS) is 26.1. The molecule has 1 heterocycles. The Balaban J connectivity index is 2.20. The van der Waals surface area contributed by atoms with Crippen LogP contribution in [0.5, 0.6) is 0 Å². The molecule has 1 aliphatic carbocycles. The van der Waals surface area contributed by atoms with E-state index < -0.39 is 0 Å². The topological polar surface area (TPSA) is 34.9 Å². The van der Waals surface area contributed by atoms with Gasteiger partial charge in [0.05, 0.1) is 5.69 Å².